The van der Waals surface area contributed by atoms with Gasteiger partial charge in [0.15, 0.2) is 0 Å². The minimum absolute atomic E-state index is 0.226. The van der Waals surface area contributed by atoms with Gasteiger partial charge in [0.2, 0.25) is 5.91 Å². The van der Waals surface area contributed by atoms with Crippen LogP contribution in [0.2, 0.25) is 0 Å². The number of carbonyl (C=O) groups is 1. The lowest BCUT2D eigenvalue weighted by Gasteiger charge is -2.11. The largest absolute Gasteiger partial charge is 0.352 e. The normalized spacial score (nSPS) is 44.9. The Kier molecular flexibility index (Phi) is 1.99. The highest BCUT2D eigenvalue weighted by atomic mass is 16.2. The fourth-order valence-corrected chi connectivity index (χ4v) is 2.79. The number of amides is 1. The molecule has 0 aromatic heterocycles. The highest BCUT2D eigenvalue weighted by molar-refractivity contribution is 5.80. The Hall–Kier alpha value is -0.610. The van der Waals surface area contributed by atoms with Crippen LogP contribution in [0.1, 0.15) is 6.42 Å². The first-order valence-electron chi connectivity index (χ1n) is 5.58. The minimum Gasteiger partial charge on any atom is -0.352 e. The fourth-order valence-electron chi connectivity index (χ4n) is 2.79. The molecule has 1 aliphatic carbocycles. The van der Waals surface area contributed by atoms with Crippen LogP contribution in [0.3, 0.4) is 0 Å². The van der Waals surface area contributed by atoms with Crippen LogP contribution in [0.15, 0.2) is 0 Å². The van der Waals surface area contributed by atoms with Gasteiger partial charge < -0.3 is 16.0 Å². The summed E-state index contributed by atoms with van der Waals surface area (Å²) in [7, 11) is 0. The number of hydrogen-bond donors (Lipinski definition) is 3. The van der Waals surface area contributed by atoms with Gasteiger partial charge in [-0.15, -0.1) is 0 Å². The molecule has 0 aromatic carbocycles. The maximum Gasteiger partial charge on any atom is 0.224 e. The van der Waals surface area contributed by atoms with Crippen LogP contribution in [0, 0.1) is 17.8 Å². The van der Waals surface area contributed by atoms with E-state index in [1.807, 2.05) is 0 Å². The molecule has 4 atom stereocenters. The molecular formula is C10H17N3O. The van der Waals surface area contributed by atoms with E-state index in [-0.39, 0.29) is 11.8 Å². The Morgan fingerprint density at radius 3 is 2.57 bits per heavy atom. The summed E-state index contributed by atoms with van der Waals surface area (Å²) < 4.78 is 0. The predicted molar refractivity (Wildman–Crippen MR) is 52.8 cm³/mol. The van der Waals surface area contributed by atoms with Crippen molar-refractivity contribution in [1.29, 1.82) is 0 Å². The molecule has 0 radical (unpaired) electrons. The quantitative estimate of drug-likeness (QED) is 0.526. The number of carbonyl (C=O) groups excluding carboxylic acids is 1. The van der Waals surface area contributed by atoms with E-state index in [1.54, 1.807) is 0 Å². The zero-order chi connectivity index (χ0) is 9.54. The number of nitrogens with one attached hydrogen (secondary N) is 3. The van der Waals surface area contributed by atoms with Gasteiger partial charge in [0.25, 0.3) is 0 Å². The summed E-state index contributed by atoms with van der Waals surface area (Å²) in [6.07, 6.45) is 1.01. The molecule has 78 valence electrons. The molecule has 2 unspecified atom stereocenters. The van der Waals surface area contributed by atoms with Crippen LogP contribution in [-0.4, -0.2) is 38.1 Å². The molecule has 0 spiro atoms. The number of piperidine rings is 1. The molecule has 4 nitrogen and oxygen atoms in total. The van der Waals surface area contributed by atoms with Gasteiger partial charge in [0.1, 0.15) is 0 Å². The Bertz CT molecular complexity index is 240. The van der Waals surface area contributed by atoms with Gasteiger partial charge in [-0.05, 0) is 24.8 Å². The minimum atomic E-state index is 0.226. The molecule has 3 N–H and O–H groups in total. The first kappa shape index (κ1) is 8.68. The first-order chi connectivity index (χ1) is 6.86. The Morgan fingerprint density at radius 1 is 1.14 bits per heavy atom. The second-order valence-corrected chi connectivity index (χ2v) is 4.71. The number of hydrogen-bond acceptors (Lipinski definition) is 3. The van der Waals surface area contributed by atoms with Crippen molar-refractivity contribution in [3.63, 3.8) is 0 Å². The van der Waals surface area contributed by atoms with Crippen molar-refractivity contribution in [2.75, 3.05) is 26.2 Å². The molecule has 3 rings (SSSR count). The first-order valence-corrected chi connectivity index (χ1v) is 5.58. The van der Waals surface area contributed by atoms with Crippen molar-refractivity contribution in [2.45, 2.75) is 12.5 Å². The molecule has 2 aliphatic heterocycles. The zero-order valence-electron chi connectivity index (χ0n) is 8.25. The molecule has 1 amide bonds. The monoisotopic (exact) mass is 195 g/mol. The van der Waals surface area contributed by atoms with Gasteiger partial charge in [-0.3, -0.25) is 4.79 Å². The van der Waals surface area contributed by atoms with Gasteiger partial charge in [0.05, 0.1) is 5.92 Å². The van der Waals surface area contributed by atoms with Crippen LogP contribution in [0.4, 0.5) is 0 Å². The highest BCUT2D eigenvalue weighted by Gasteiger charge is 2.53. The topological polar surface area (TPSA) is 53.2 Å². The van der Waals surface area contributed by atoms with Crippen LogP contribution in [0.5, 0.6) is 0 Å². The molecule has 14 heavy (non-hydrogen) atoms. The molecule has 1 saturated carbocycles. The Balaban J connectivity index is 1.50. The van der Waals surface area contributed by atoms with Crippen molar-refractivity contribution in [1.82, 2.24) is 16.0 Å². The van der Waals surface area contributed by atoms with Crippen molar-refractivity contribution in [3.8, 4) is 0 Å². The summed E-state index contributed by atoms with van der Waals surface area (Å²) in [5, 5.41) is 9.73. The highest BCUT2D eigenvalue weighted by Crippen LogP contribution is 2.41. The SMILES string of the molecule is O=C(NC1[C@H]2CNC[C@@H]12)C1CCNC1. The van der Waals surface area contributed by atoms with E-state index in [0.717, 1.165) is 44.4 Å². The van der Waals surface area contributed by atoms with E-state index in [0.29, 0.717) is 6.04 Å². The molecule has 0 bridgehead atoms. The lowest BCUT2D eigenvalue weighted by molar-refractivity contribution is -0.124. The molecule has 3 aliphatic rings. The van der Waals surface area contributed by atoms with Gasteiger partial charge in [-0.25, -0.2) is 0 Å². The third-order valence-electron chi connectivity index (χ3n) is 3.83. The van der Waals surface area contributed by atoms with E-state index in [2.05, 4.69) is 16.0 Å². The summed E-state index contributed by atoms with van der Waals surface area (Å²) in [5.41, 5.74) is 0. The summed E-state index contributed by atoms with van der Waals surface area (Å²) >= 11 is 0. The lowest BCUT2D eigenvalue weighted by Crippen LogP contribution is -2.37. The molecule has 2 saturated heterocycles. The van der Waals surface area contributed by atoms with Gasteiger partial charge >= 0.3 is 0 Å². The molecule has 0 aromatic rings. The maximum atomic E-state index is 11.8. The van der Waals surface area contributed by atoms with E-state index >= 15 is 0 Å². The standard InChI is InChI=1S/C10H17N3O/c14-10(6-1-2-11-3-6)13-9-7-4-12-5-8(7)9/h6-9,11-12H,1-5H2,(H,13,14)/t6?,7-,8+,9?. The Labute approximate surface area is 83.8 Å². The van der Waals surface area contributed by atoms with Crippen molar-refractivity contribution in [3.05, 3.63) is 0 Å². The zero-order valence-corrected chi connectivity index (χ0v) is 8.25. The van der Waals surface area contributed by atoms with Crippen LogP contribution in [0.25, 0.3) is 0 Å². The van der Waals surface area contributed by atoms with E-state index in [1.165, 1.54) is 0 Å². The lowest BCUT2D eigenvalue weighted by atomic mass is 10.1. The van der Waals surface area contributed by atoms with Gasteiger partial charge in [-0.1, -0.05) is 0 Å². The average Bonchev–Trinajstić information content (AvgIpc) is 2.75. The van der Waals surface area contributed by atoms with E-state index in [9.17, 15) is 4.79 Å². The molecule has 2 heterocycles. The third-order valence-corrected chi connectivity index (χ3v) is 3.83. The summed E-state index contributed by atoms with van der Waals surface area (Å²) in [5.74, 6) is 1.96. The summed E-state index contributed by atoms with van der Waals surface area (Å²) in [4.78, 5) is 11.8. The van der Waals surface area contributed by atoms with Crippen LogP contribution < -0.4 is 16.0 Å². The summed E-state index contributed by atoms with van der Waals surface area (Å²) in [6.45, 7) is 4.06. The average molecular weight is 195 g/mol. The Morgan fingerprint density at radius 2 is 1.93 bits per heavy atom. The third kappa shape index (κ3) is 1.33. The molecule has 4 heteroatoms. The number of rotatable bonds is 2. The second kappa shape index (κ2) is 3.21. The predicted octanol–water partition coefficient (Wildman–Crippen LogP) is -1.07. The second-order valence-electron chi connectivity index (χ2n) is 4.71. The van der Waals surface area contributed by atoms with E-state index in [4.69, 9.17) is 0 Å². The van der Waals surface area contributed by atoms with Crippen molar-refractivity contribution in [2.24, 2.45) is 17.8 Å². The van der Waals surface area contributed by atoms with Gasteiger partial charge in [-0.2, -0.15) is 0 Å². The van der Waals surface area contributed by atoms with Crippen molar-refractivity contribution < 1.29 is 4.79 Å². The van der Waals surface area contributed by atoms with Crippen molar-refractivity contribution >= 4 is 5.91 Å². The van der Waals surface area contributed by atoms with Crippen LogP contribution >= 0.6 is 0 Å². The maximum absolute atomic E-state index is 11.8. The van der Waals surface area contributed by atoms with Crippen LogP contribution in [-0.2, 0) is 4.79 Å². The number of fused-ring (bicyclic) bond motifs is 1. The fraction of sp³-hybridized carbons (Fsp3) is 0.900. The van der Waals surface area contributed by atoms with E-state index < -0.39 is 0 Å². The smallest absolute Gasteiger partial charge is 0.224 e. The molecular weight excluding hydrogens is 178 g/mol. The van der Waals surface area contributed by atoms with Gasteiger partial charge in [0, 0.05) is 25.7 Å². The summed E-state index contributed by atoms with van der Waals surface area (Å²) in [6, 6.07) is 0.490. The molecule has 3 fully saturated rings.